The molecule has 21 heavy (non-hydrogen) atoms. The Morgan fingerprint density at radius 3 is 2.38 bits per heavy atom. The lowest BCUT2D eigenvalue weighted by Gasteiger charge is -2.40. The lowest BCUT2D eigenvalue weighted by Crippen LogP contribution is -2.57. The van der Waals surface area contributed by atoms with Crippen molar-refractivity contribution in [2.24, 2.45) is 11.8 Å². The van der Waals surface area contributed by atoms with Crippen molar-refractivity contribution in [2.75, 3.05) is 31.1 Å². The van der Waals surface area contributed by atoms with Gasteiger partial charge in [0.2, 0.25) is 0 Å². The maximum atomic E-state index is 13.8. The molecule has 0 spiro atoms. The lowest BCUT2D eigenvalue weighted by molar-refractivity contribution is -0.128. The maximum Gasteiger partial charge on any atom is 0.251 e. The molecule has 0 aliphatic carbocycles. The highest BCUT2D eigenvalue weighted by atomic mass is 19.1. The molecular weight excluding hydrogens is 271 g/mol. The van der Waals surface area contributed by atoms with E-state index in [4.69, 9.17) is 5.84 Å². The minimum Gasteiger partial charge on any atom is -0.367 e. The van der Waals surface area contributed by atoms with Crippen molar-refractivity contribution in [3.63, 3.8) is 0 Å². The van der Waals surface area contributed by atoms with E-state index >= 15 is 0 Å². The Labute approximate surface area is 124 Å². The quantitative estimate of drug-likeness (QED) is 0.493. The highest BCUT2D eigenvalue weighted by Gasteiger charge is 2.31. The summed E-state index contributed by atoms with van der Waals surface area (Å²) in [6, 6.07) is 6.55. The Hall–Kier alpha value is -1.66. The molecule has 0 aromatic heterocycles. The Morgan fingerprint density at radius 2 is 1.86 bits per heavy atom. The van der Waals surface area contributed by atoms with Crippen LogP contribution in [0.5, 0.6) is 0 Å². The van der Waals surface area contributed by atoms with Gasteiger partial charge in [-0.05, 0) is 18.1 Å². The number of benzene rings is 1. The van der Waals surface area contributed by atoms with Gasteiger partial charge in [-0.2, -0.15) is 0 Å². The van der Waals surface area contributed by atoms with Gasteiger partial charge in [-0.25, -0.2) is 10.2 Å². The van der Waals surface area contributed by atoms with Crippen LogP contribution in [-0.2, 0) is 4.79 Å². The number of nitrogens with zero attached hydrogens (tertiary/aromatic N) is 2. The van der Waals surface area contributed by atoms with Crippen molar-refractivity contribution in [2.45, 2.75) is 19.9 Å². The van der Waals surface area contributed by atoms with Gasteiger partial charge in [-0.3, -0.25) is 15.1 Å². The lowest BCUT2D eigenvalue weighted by atomic mass is 10.0. The second kappa shape index (κ2) is 6.87. The minimum absolute atomic E-state index is 0.163. The highest BCUT2D eigenvalue weighted by molar-refractivity contribution is 5.81. The molecular formula is C15H23FN4O. The van der Waals surface area contributed by atoms with E-state index in [0.717, 1.165) is 0 Å². The van der Waals surface area contributed by atoms with Crippen LogP contribution in [-0.4, -0.2) is 43.0 Å². The largest absolute Gasteiger partial charge is 0.367 e. The van der Waals surface area contributed by atoms with Crippen LogP contribution >= 0.6 is 0 Å². The molecule has 1 aliphatic heterocycles. The van der Waals surface area contributed by atoms with E-state index in [1.165, 1.54) is 6.07 Å². The molecule has 0 radical (unpaired) electrons. The average Bonchev–Trinajstić information content (AvgIpc) is 2.48. The number of hydrogen-bond acceptors (Lipinski definition) is 4. The number of rotatable bonds is 4. The molecule has 0 bridgehead atoms. The molecule has 1 aromatic carbocycles. The number of hydrogen-bond donors (Lipinski definition) is 2. The SMILES string of the molecule is CC(C)C(C(=O)NN)N1CCN(c2ccccc2F)CC1. The van der Waals surface area contributed by atoms with Crippen LogP contribution in [0, 0.1) is 11.7 Å². The summed E-state index contributed by atoms with van der Waals surface area (Å²) in [5.74, 6) is 5.08. The highest BCUT2D eigenvalue weighted by Crippen LogP contribution is 2.22. The van der Waals surface area contributed by atoms with E-state index in [2.05, 4.69) is 10.3 Å². The second-order valence-corrected chi connectivity index (χ2v) is 5.67. The van der Waals surface area contributed by atoms with Gasteiger partial charge >= 0.3 is 0 Å². The smallest absolute Gasteiger partial charge is 0.251 e. The summed E-state index contributed by atoms with van der Waals surface area (Å²) in [6.45, 7) is 6.82. The molecule has 1 aromatic rings. The van der Waals surface area contributed by atoms with Gasteiger partial charge in [0.05, 0.1) is 11.7 Å². The number of amides is 1. The molecule has 3 N–H and O–H groups in total. The molecule has 0 saturated carbocycles. The molecule has 1 heterocycles. The molecule has 5 nitrogen and oxygen atoms in total. The van der Waals surface area contributed by atoms with Crippen LogP contribution < -0.4 is 16.2 Å². The summed E-state index contributed by atoms with van der Waals surface area (Å²) in [7, 11) is 0. The van der Waals surface area contributed by atoms with Crippen LogP contribution in [0.1, 0.15) is 13.8 Å². The molecule has 1 atom stereocenters. The van der Waals surface area contributed by atoms with Gasteiger partial charge in [-0.15, -0.1) is 0 Å². The van der Waals surface area contributed by atoms with Gasteiger partial charge in [-0.1, -0.05) is 26.0 Å². The average molecular weight is 294 g/mol. The fourth-order valence-electron chi connectivity index (χ4n) is 2.92. The van der Waals surface area contributed by atoms with E-state index in [1.54, 1.807) is 12.1 Å². The van der Waals surface area contributed by atoms with Crippen molar-refractivity contribution in [3.05, 3.63) is 30.1 Å². The first kappa shape index (κ1) is 15.7. The maximum absolute atomic E-state index is 13.8. The van der Waals surface area contributed by atoms with Crippen LogP contribution in [0.4, 0.5) is 10.1 Å². The van der Waals surface area contributed by atoms with Crippen molar-refractivity contribution >= 4 is 11.6 Å². The molecule has 1 unspecified atom stereocenters. The molecule has 1 saturated heterocycles. The predicted octanol–water partition coefficient (Wildman–Crippen LogP) is 0.962. The molecule has 6 heteroatoms. The third-order valence-electron chi connectivity index (χ3n) is 3.94. The summed E-state index contributed by atoms with van der Waals surface area (Å²) in [5, 5.41) is 0. The third kappa shape index (κ3) is 3.51. The monoisotopic (exact) mass is 294 g/mol. The third-order valence-corrected chi connectivity index (χ3v) is 3.94. The number of hydrazine groups is 1. The number of carbonyl (C=O) groups excluding carboxylic acids is 1. The molecule has 2 rings (SSSR count). The van der Waals surface area contributed by atoms with E-state index < -0.39 is 0 Å². The van der Waals surface area contributed by atoms with Crippen LogP contribution in [0.15, 0.2) is 24.3 Å². The van der Waals surface area contributed by atoms with Crippen molar-refractivity contribution in [3.8, 4) is 0 Å². The van der Waals surface area contributed by atoms with Gasteiger partial charge in [0.15, 0.2) is 0 Å². The van der Waals surface area contributed by atoms with E-state index in [9.17, 15) is 9.18 Å². The van der Waals surface area contributed by atoms with Crippen molar-refractivity contribution < 1.29 is 9.18 Å². The molecule has 1 amide bonds. The predicted molar refractivity (Wildman–Crippen MR) is 81.1 cm³/mol. The zero-order chi connectivity index (χ0) is 15.4. The standard InChI is InChI=1S/C15H23FN4O/c1-11(2)14(15(21)18-17)20-9-7-19(8-10-20)13-6-4-3-5-12(13)16/h3-6,11,14H,7-10,17H2,1-2H3,(H,18,21). The van der Waals surface area contributed by atoms with Gasteiger partial charge in [0, 0.05) is 26.2 Å². The van der Waals surface area contributed by atoms with Gasteiger partial charge < -0.3 is 4.90 Å². The summed E-state index contributed by atoms with van der Waals surface area (Å²) in [6.07, 6.45) is 0. The Balaban J connectivity index is 2.02. The number of anilines is 1. The zero-order valence-electron chi connectivity index (χ0n) is 12.6. The fraction of sp³-hybridized carbons (Fsp3) is 0.533. The zero-order valence-corrected chi connectivity index (χ0v) is 12.6. The number of carbonyl (C=O) groups is 1. The van der Waals surface area contributed by atoms with Crippen molar-refractivity contribution in [1.29, 1.82) is 0 Å². The number of piperazine rings is 1. The topological polar surface area (TPSA) is 61.6 Å². The van der Waals surface area contributed by atoms with E-state index in [1.807, 2.05) is 24.8 Å². The number of nitrogens with one attached hydrogen (secondary N) is 1. The van der Waals surface area contributed by atoms with Crippen LogP contribution in [0.3, 0.4) is 0 Å². The summed E-state index contributed by atoms with van der Waals surface area (Å²) in [4.78, 5) is 16.0. The summed E-state index contributed by atoms with van der Waals surface area (Å²) < 4.78 is 13.8. The number of halogens is 1. The molecule has 116 valence electrons. The fourth-order valence-corrected chi connectivity index (χ4v) is 2.92. The number of nitrogens with two attached hydrogens (primary N) is 1. The number of para-hydroxylation sites is 1. The molecule has 1 aliphatic rings. The van der Waals surface area contributed by atoms with E-state index in [-0.39, 0.29) is 23.7 Å². The minimum atomic E-state index is -0.238. The molecule has 1 fully saturated rings. The van der Waals surface area contributed by atoms with Crippen LogP contribution in [0.2, 0.25) is 0 Å². The Morgan fingerprint density at radius 1 is 1.24 bits per heavy atom. The van der Waals surface area contributed by atoms with Gasteiger partial charge in [0.1, 0.15) is 5.82 Å². The van der Waals surface area contributed by atoms with Crippen LogP contribution in [0.25, 0.3) is 0 Å². The van der Waals surface area contributed by atoms with E-state index in [0.29, 0.717) is 31.9 Å². The van der Waals surface area contributed by atoms with Gasteiger partial charge in [0.25, 0.3) is 5.91 Å². The first-order valence-electron chi connectivity index (χ1n) is 7.28. The van der Waals surface area contributed by atoms with Crippen molar-refractivity contribution in [1.82, 2.24) is 10.3 Å². The normalized spacial score (nSPS) is 17.9. The Bertz CT molecular complexity index is 486. The Kier molecular flexibility index (Phi) is 5.14. The first-order chi connectivity index (χ1) is 10.0. The summed E-state index contributed by atoms with van der Waals surface area (Å²) >= 11 is 0. The summed E-state index contributed by atoms with van der Waals surface area (Å²) in [5.41, 5.74) is 2.87. The first-order valence-corrected chi connectivity index (χ1v) is 7.28. The second-order valence-electron chi connectivity index (χ2n) is 5.67.